The van der Waals surface area contributed by atoms with Gasteiger partial charge in [0.05, 0.1) is 39.1 Å². The molecule has 2 aromatic rings. The molecule has 2 aliphatic rings. The van der Waals surface area contributed by atoms with E-state index in [9.17, 15) is 14.4 Å². The van der Waals surface area contributed by atoms with Gasteiger partial charge in [0.2, 0.25) is 0 Å². The summed E-state index contributed by atoms with van der Waals surface area (Å²) in [6.07, 6.45) is 2.52. The van der Waals surface area contributed by atoms with Crippen LogP contribution in [0.3, 0.4) is 0 Å². The van der Waals surface area contributed by atoms with Gasteiger partial charge in [0.1, 0.15) is 0 Å². The molecule has 0 radical (unpaired) electrons. The molecule has 2 aromatic carbocycles. The van der Waals surface area contributed by atoms with E-state index >= 15 is 0 Å². The summed E-state index contributed by atoms with van der Waals surface area (Å²) in [5.74, 6) is -0.397. The number of unbranched alkanes of at least 4 members (excludes halogenated alkanes) is 1. The van der Waals surface area contributed by atoms with Crippen molar-refractivity contribution < 1.29 is 33.3 Å². The van der Waals surface area contributed by atoms with Gasteiger partial charge in [-0.3, -0.25) is 4.79 Å². The second-order valence-corrected chi connectivity index (χ2v) is 9.73. The minimum absolute atomic E-state index is 0.0445. The van der Waals surface area contributed by atoms with Crippen molar-refractivity contribution in [2.45, 2.75) is 51.4 Å². The number of esters is 2. The summed E-state index contributed by atoms with van der Waals surface area (Å²) in [5.41, 5.74) is 4.50. The number of benzene rings is 2. The Bertz CT molecular complexity index is 1320. The van der Waals surface area contributed by atoms with Gasteiger partial charge in [-0.1, -0.05) is 31.5 Å². The molecule has 1 aliphatic heterocycles. The van der Waals surface area contributed by atoms with Crippen LogP contribution in [0.1, 0.15) is 72.9 Å². The summed E-state index contributed by atoms with van der Waals surface area (Å²) < 4.78 is 21.3. The van der Waals surface area contributed by atoms with Crippen LogP contribution in [0.25, 0.3) is 0 Å². The van der Waals surface area contributed by atoms with Gasteiger partial charge in [-0.15, -0.1) is 0 Å². The molecule has 1 heterocycles. The maximum atomic E-state index is 13.8. The maximum Gasteiger partial charge on any atom is 0.337 e. The molecule has 8 heteroatoms. The summed E-state index contributed by atoms with van der Waals surface area (Å²) in [6.45, 7) is 4.17. The number of ketones is 1. The molecule has 0 spiro atoms. The van der Waals surface area contributed by atoms with E-state index in [-0.39, 0.29) is 18.1 Å². The molecule has 1 N–H and O–H groups in total. The van der Waals surface area contributed by atoms with Crippen LogP contribution in [0.5, 0.6) is 11.5 Å². The zero-order chi connectivity index (χ0) is 28.1. The molecule has 0 saturated carbocycles. The van der Waals surface area contributed by atoms with Crippen molar-refractivity contribution in [2.75, 3.05) is 27.9 Å². The Balaban J connectivity index is 1.74. The van der Waals surface area contributed by atoms with Crippen molar-refractivity contribution in [2.24, 2.45) is 0 Å². The average Bonchev–Trinajstić information content (AvgIpc) is 2.95. The average molecular weight is 534 g/mol. The van der Waals surface area contributed by atoms with Crippen molar-refractivity contribution >= 4 is 17.7 Å². The van der Waals surface area contributed by atoms with Crippen LogP contribution >= 0.6 is 0 Å². The molecule has 0 bridgehead atoms. The zero-order valence-electron chi connectivity index (χ0n) is 23.1. The monoisotopic (exact) mass is 533 g/mol. The molecular weight excluding hydrogens is 498 g/mol. The lowest BCUT2D eigenvalue weighted by atomic mass is 9.71. The topological polar surface area (TPSA) is 100 Å². The van der Waals surface area contributed by atoms with Gasteiger partial charge >= 0.3 is 11.9 Å². The lowest BCUT2D eigenvalue weighted by Gasteiger charge is -2.36. The fourth-order valence-corrected chi connectivity index (χ4v) is 5.30. The fourth-order valence-electron chi connectivity index (χ4n) is 5.30. The number of hydrogen-bond donors (Lipinski definition) is 1. The quantitative estimate of drug-likeness (QED) is 0.347. The van der Waals surface area contributed by atoms with E-state index in [2.05, 4.69) is 5.32 Å². The highest BCUT2D eigenvalue weighted by atomic mass is 16.5. The van der Waals surface area contributed by atoms with Gasteiger partial charge in [-0.25, -0.2) is 9.59 Å². The summed E-state index contributed by atoms with van der Waals surface area (Å²) in [5, 5.41) is 3.37. The predicted molar refractivity (Wildman–Crippen MR) is 146 cm³/mol. The second-order valence-electron chi connectivity index (χ2n) is 9.73. The van der Waals surface area contributed by atoms with Crippen molar-refractivity contribution in [3.63, 3.8) is 0 Å². The van der Waals surface area contributed by atoms with E-state index in [0.717, 1.165) is 29.7 Å². The van der Waals surface area contributed by atoms with Crippen LogP contribution in [0.4, 0.5) is 0 Å². The Kier molecular flexibility index (Phi) is 8.74. The minimum atomic E-state index is -0.610. The lowest BCUT2D eigenvalue weighted by molar-refractivity contribution is -0.139. The van der Waals surface area contributed by atoms with Gasteiger partial charge < -0.3 is 24.3 Å². The number of carbonyl (C=O) groups excluding carboxylic acids is 3. The number of methoxy groups -OCH3 is 3. The summed E-state index contributed by atoms with van der Waals surface area (Å²) in [7, 11) is 4.50. The van der Waals surface area contributed by atoms with Gasteiger partial charge in [0.25, 0.3) is 0 Å². The standard InChI is InChI=1S/C31H35NO7/c1-6-7-14-39-31(35)27-18(2)32-23-15-22(21-12-13-25(36-3)26(17-21)37-4)16-24(33)29(23)28(27)19-8-10-20(11-9-19)30(34)38-5/h8-13,17,22,28,32H,6-7,14-16H2,1-5H3/t22-,28+/m1/s1. The number of nitrogens with one attached hydrogen (secondary N) is 1. The zero-order valence-corrected chi connectivity index (χ0v) is 23.1. The van der Waals surface area contributed by atoms with Crippen LogP contribution in [0.2, 0.25) is 0 Å². The van der Waals surface area contributed by atoms with E-state index in [0.29, 0.717) is 46.9 Å². The molecule has 39 heavy (non-hydrogen) atoms. The SMILES string of the molecule is CCCCOC(=O)C1=C(C)NC2=C(C(=O)C[C@H](c3ccc(OC)c(OC)c3)C2)[C@H]1c1ccc(C(=O)OC)cc1. The van der Waals surface area contributed by atoms with Crippen LogP contribution in [-0.2, 0) is 19.1 Å². The highest BCUT2D eigenvalue weighted by Gasteiger charge is 2.41. The lowest BCUT2D eigenvalue weighted by Crippen LogP contribution is -2.36. The van der Waals surface area contributed by atoms with Crippen LogP contribution < -0.4 is 14.8 Å². The van der Waals surface area contributed by atoms with Crippen molar-refractivity contribution in [1.82, 2.24) is 5.32 Å². The molecular formula is C31H35NO7. The van der Waals surface area contributed by atoms with Gasteiger partial charge in [-0.05, 0) is 61.1 Å². The second kappa shape index (κ2) is 12.2. The minimum Gasteiger partial charge on any atom is -0.493 e. The first kappa shape index (κ1) is 28.0. The number of Topliss-reactive ketones (excluding diaryl/α,β-unsaturated/α-hetero) is 1. The first-order chi connectivity index (χ1) is 18.8. The molecule has 206 valence electrons. The first-order valence-electron chi connectivity index (χ1n) is 13.1. The number of hydrogen-bond acceptors (Lipinski definition) is 8. The predicted octanol–water partition coefficient (Wildman–Crippen LogP) is 5.20. The van der Waals surface area contributed by atoms with Crippen LogP contribution in [0.15, 0.2) is 65.0 Å². The van der Waals surface area contributed by atoms with E-state index < -0.39 is 17.9 Å². The van der Waals surface area contributed by atoms with Crippen molar-refractivity contribution in [3.8, 4) is 11.5 Å². The summed E-state index contributed by atoms with van der Waals surface area (Å²) >= 11 is 0. The number of allylic oxidation sites excluding steroid dienone is 3. The normalized spacial score (nSPS) is 18.7. The van der Waals surface area contributed by atoms with E-state index in [1.54, 1.807) is 38.5 Å². The molecule has 0 fully saturated rings. The molecule has 2 atom stereocenters. The third-order valence-corrected chi connectivity index (χ3v) is 7.32. The third-order valence-electron chi connectivity index (χ3n) is 7.32. The number of rotatable bonds is 9. The molecule has 0 unspecified atom stereocenters. The Morgan fingerprint density at radius 3 is 2.26 bits per heavy atom. The van der Waals surface area contributed by atoms with Gasteiger partial charge in [0.15, 0.2) is 17.3 Å². The van der Waals surface area contributed by atoms with Crippen LogP contribution in [0, 0.1) is 0 Å². The molecule has 8 nitrogen and oxygen atoms in total. The third kappa shape index (κ3) is 5.70. The number of dihydropyridines is 1. The highest BCUT2D eigenvalue weighted by Crippen LogP contribution is 2.46. The fraction of sp³-hybridized carbons (Fsp3) is 0.387. The van der Waals surface area contributed by atoms with Crippen molar-refractivity contribution in [1.29, 1.82) is 0 Å². The smallest absolute Gasteiger partial charge is 0.337 e. The van der Waals surface area contributed by atoms with E-state index in [4.69, 9.17) is 18.9 Å². The Hall–Kier alpha value is -4.07. The molecule has 0 aromatic heterocycles. The van der Waals surface area contributed by atoms with E-state index in [1.807, 2.05) is 32.0 Å². The van der Waals surface area contributed by atoms with Crippen LogP contribution in [-0.4, -0.2) is 45.7 Å². The summed E-state index contributed by atoms with van der Waals surface area (Å²) in [4.78, 5) is 39.2. The van der Waals surface area contributed by atoms with Gasteiger partial charge in [-0.2, -0.15) is 0 Å². The molecule has 0 amide bonds. The summed E-state index contributed by atoms with van der Waals surface area (Å²) in [6, 6.07) is 12.6. The molecule has 4 rings (SSSR count). The first-order valence-corrected chi connectivity index (χ1v) is 13.1. The Morgan fingerprint density at radius 1 is 0.923 bits per heavy atom. The molecule has 1 aliphatic carbocycles. The number of ether oxygens (including phenoxy) is 4. The Morgan fingerprint density at radius 2 is 1.62 bits per heavy atom. The van der Waals surface area contributed by atoms with Crippen molar-refractivity contribution in [3.05, 3.63) is 81.7 Å². The maximum absolute atomic E-state index is 13.8. The largest absolute Gasteiger partial charge is 0.493 e. The Labute approximate surface area is 229 Å². The van der Waals surface area contributed by atoms with Gasteiger partial charge in [0, 0.05) is 29.3 Å². The number of carbonyl (C=O) groups is 3. The molecule has 0 saturated heterocycles. The highest BCUT2D eigenvalue weighted by molar-refractivity contribution is 6.04. The van der Waals surface area contributed by atoms with E-state index in [1.165, 1.54) is 7.11 Å².